The SMILES string of the molecule is Nc1ccc(Nc2ccc(Cl)cc2I)cc1C(F)(F)F. The molecule has 0 aliphatic carbocycles. The molecule has 2 rings (SSSR count). The van der Waals surface area contributed by atoms with E-state index in [0.717, 1.165) is 9.64 Å². The van der Waals surface area contributed by atoms with Gasteiger partial charge < -0.3 is 11.1 Å². The van der Waals surface area contributed by atoms with Crippen molar-refractivity contribution in [3.63, 3.8) is 0 Å². The van der Waals surface area contributed by atoms with Crippen molar-refractivity contribution in [3.8, 4) is 0 Å². The van der Waals surface area contributed by atoms with E-state index in [2.05, 4.69) is 27.9 Å². The lowest BCUT2D eigenvalue weighted by atomic mass is 10.1. The Morgan fingerprint density at radius 2 is 1.80 bits per heavy atom. The molecule has 106 valence electrons. The Bertz CT molecular complexity index is 644. The van der Waals surface area contributed by atoms with Gasteiger partial charge in [-0.1, -0.05) is 11.6 Å². The number of anilines is 3. The molecule has 0 amide bonds. The van der Waals surface area contributed by atoms with Crippen LogP contribution in [0.15, 0.2) is 36.4 Å². The summed E-state index contributed by atoms with van der Waals surface area (Å²) < 4.78 is 39.1. The average Bonchev–Trinajstić information content (AvgIpc) is 2.33. The number of halogens is 5. The van der Waals surface area contributed by atoms with Gasteiger partial charge in [-0.15, -0.1) is 0 Å². The number of nitrogens with one attached hydrogen (secondary N) is 1. The van der Waals surface area contributed by atoms with Crippen molar-refractivity contribution < 1.29 is 13.2 Å². The Morgan fingerprint density at radius 1 is 1.10 bits per heavy atom. The molecule has 7 heteroatoms. The molecule has 0 heterocycles. The van der Waals surface area contributed by atoms with Gasteiger partial charge in [0.05, 0.1) is 11.3 Å². The molecule has 0 unspecified atom stereocenters. The smallest absolute Gasteiger partial charge is 0.398 e. The van der Waals surface area contributed by atoms with E-state index in [-0.39, 0.29) is 5.69 Å². The maximum absolute atomic E-state index is 12.8. The molecule has 0 aliphatic heterocycles. The second-order valence-corrected chi connectivity index (χ2v) is 5.65. The first-order valence-corrected chi connectivity index (χ1v) is 6.92. The van der Waals surface area contributed by atoms with Crippen molar-refractivity contribution >= 4 is 51.3 Å². The van der Waals surface area contributed by atoms with Gasteiger partial charge in [0.15, 0.2) is 0 Å². The molecule has 0 saturated heterocycles. The van der Waals surface area contributed by atoms with Gasteiger partial charge >= 0.3 is 6.18 Å². The molecule has 0 aliphatic rings. The van der Waals surface area contributed by atoms with Crippen LogP contribution in [0.5, 0.6) is 0 Å². The average molecular weight is 413 g/mol. The minimum Gasteiger partial charge on any atom is -0.398 e. The molecule has 0 fully saturated rings. The second kappa shape index (κ2) is 5.69. The summed E-state index contributed by atoms with van der Waals surface area (Å²) in [6, 6.07) is 8.79. The molecule has 2 aromatic rings. The van der Waals surface area contributed by atoms with Crippen LogP contribution in [-0.4, -0.2) is 0 Å². The third kappa shape index (κ3) is 3.49. The Kier molecular flexibility index (Phi) is 4.33. The number of nitrogens with two attached hydrogens (primary N) is 1. The highest BCUT2D eigenvalue weighted by Gasteiger charge is 2.33. The summed E-state index contributed by atoms with van der Waals surface area (Å²) in [6.45, 7) is 0. The largest absolute Gasteiger partial charge is 0.418 e. The Hall–Kier alpha value is -1.15. The fourth-order valence-corrected chi connectivity index (χ4v) is 2.63. The van der Waals surface area contributed by atoms with E-state index < -0.39 is 11.7 Å². The molecule has 0 spiro atoms. The van der Waals surface area contributed by atoms with Crippen LogP contribution in [0.1, 0.15) is 5.56 Å². The fraction of sp³-hybridized carbons (Fsp3) is 0.0769. The molecule has 2 nitrogen and oxygen atoms in total. The molecule has 0 aromatic heterocycles. The first-order chi connectivity index (χ1) is 9.27. The molecule has 0 atom stereocenters. The summed E-state index contributed by atoms with van der Waals surface area (Å²) in [5.74, 6) is 0. The number of alkyl halides is 3. The quantitative estimate of drug-likeness (QED) is 0.520. The lowest BCUT2D eigenvalue weighted by Crippen LogP contribution is -2.09. The van der Waals surface area contributed by atoms with Crippen molar-refractivity contribution in [2.75, 3.05) is 11.1 Å². The van der Waals surface area contributed by atoms with Crippen LogP contribution in [0.3, 0.4) is 0 Å². The third-order valence-corrected chi connectivity index (χ3v) is 3.70. The van der Waals surface area contributed by atoms with Crippen LogP contribution in [0.4, 0.5) is 30.2 Å². The molecule has 0 saturated carbocycles. The maximum atomic E-state index is 12.8. The molecule has 2 aromatic carbocycles. The number of benzene rings is 2. The molecular weight excluding hydrogens is 404 g/mol. The van der Waals surface area contributed by atoms with Crippen LogP contribution < -0.4 is 11.1 Å². The molecular formula is C13H9ClF3IN2. The maximum Gasteiger partial charge on any atom is 0.418 e. The van der Waals surface area contributed by atoms with Crippen molar-refractivity contribution in [3.05, 3.63) is 50.6 Å². The highest BCUT2D eigenvalue weighted by molar-refractivity contribution is 14.1. The minimum absolute atomic E-state index is 0.297. The number of hydrogen-bond donors (Lipinski definition) is 2. The third-order valence-electron chi connectivity index (χ3n) is 2.57. The summed E-state index contributed by atoms with van der Waals surface area (Å²) in [6.07, 6.45) is -4.48. The van der Waals surface area contributed by atoms with E-state index in [4.69, 9.17) is 17.3 Å². The predicted molar refractivity (Wildman–Crippen MR) is 83.3 cm³/mol. The van der Waals surface area contributed by atoms with E-state index in [1.807, 2.05) is 0 Å². The number of nitrogen functional groups attached to an aromatic ring is 1. The first kappa shape index (κ1) is 15.2. The fourth-order valence-electron chi connectivity index (χ4n) is 1.63. The lowest BCUT2D eigenvalue weighted by Gasteiger charge is -2.14. The number of hydrogen-bond acceptors (Lipinski definition) is 2. The predicted octanol–water partition coefficient (Wildman–Crippen LogP) is 5.29. The zero-order valence-corrected chi connectivity index (χ0v) is 12.8. The van der Waals surface area contributed by atoms with Gasteiger partial charge in [-0.3, -0.25) is 0 Å². The topological polar surface area (TPSA) is 38.0 Å². The van der Waals surface area contributed by atoms with Crippen LogP contribution in [-0.2, 0) is 6.18 Å². The summed E-state index contributed by atoms with van der Waals surface area (Å²) in [5.41, 5.74) is 5.19. The first-order valence-electron chi connectivity index (χ1n) is 5.46. The highest BCUT2D eigenvalue weighted by atomic mass is 127. The van der Waals surface area contributed by atoms with Crippen molar-refractivity contribution in [2.24, 2.45) is 0 Å². The van der Waals surface area contributed by atoms with E-state index in [0.29, 0.717) is 16.4 Å². The van der Waals surface area contributed by atoms with Gasteiger partial charge in [-0.2, -0.15) is 13.2 Å². The summed E-state index contributed by atoms with van der Waals surface area (Å²) in [5, 5.41) is 3.48. The van der Waals surface area contributed by atoms with Gasteiger partial charge in [0.2, 0.25) is 0 Å². The normalized spacial score (nSPS) is 11.4. The summed E-state index contributed by atoms with van der Waals surface area (Å²) in [4.78, 5) is 0. The lowest BCUT2D eigenvalue weighted by molar-refractivity contribution is -0.136. The highest BCUT2D eigenvalue weighted by Crippen LogP contribution is 2.36. The zero-order chi connectivity index (χ0) is 14.9. The van der Waals surface area contributed by atoms with E-state index in [1.54, 1.807) is 18.2 Å². The van der Waals surface area contributed by atoms with Gasteiger partial charge in [-0.05, 0) is 59.0 Å². The van der Waals surface area contributed by atoms with E-state index in [1.165, 1.54) is 12.1 Å². The Labute approximate surface area is 132 Å². The van der Waals surface area contributed by atoms with Crippen molar-refractivity contribution in [1.82, 2.24) is 0 Å². The van der Waals surface area contributed by atoms with E-state index >= 15 is 0 Å². The van der Waals surface area contributed by atoms with Crippen molar-refractivity contribution in [1.29, 1.82) is 0 Å². The molecule has 0 radical (unpaired) electrons. The summed E-state index contributed by atoms with van der Waals surface area (Å²) in [7, 11) is 0. The van der Waals surface area contributed by atoms with Crippen LogP contribution in [0.2, 0.25) is 5.02 Å². The molecule has 0 bridgehead atoms. The van der Waals surface area contributed by atoms with Gasteiger partial charge in [0.25, 0.3) is 0 Å². The van der Waals surface area contributed by atoms with Crippen molar-refractivity contribution in [2.45, 2.75) is 6.18 Å². The van der Waals surface area contributed by atoms with E-state index in [9.17, 15) is 13.2 Å². The number of rotatable bonds is 2. The minimum atomic E-state index is -4.48. The summed E-state index contributed by atoms with van der Waals surface area (Å²) >= 11 is 7.88. The molecule has 20 heavy (non-hydrogen) atoms. The van der Waals surface area contributed by atoms with Gasteiger partial charge in [0, 0.05) is 20.0 Å². The molecule has 3 N–H and O–H groups in total. The Balaban J connectivity index is 2.35. The van der Waals surface area contributed by atoms with Crippen LogP contribution >= 0.6 is 34.2 Å². The van der Waals surface area contributed by atoms with Gasteiger partial charge in [-0.25, -0.2) is 0 Å². The zero-order valence-electron chi connectivity index (χ0n) is 9.93. The monoisotopic (exact) mass is 412 g/mol. The standard InChI is InChI=1S/C13H9ClF3IN2/c14-7-1-4-12(10(18)5-7)20-8-2-3-11(19)9(6-8)13(15,16)17/h1-6,20H,19H2. The Morgan fingerprint density at radius 3 is 2.40 bits per heavy atom. The van der Waals surface area contributed by atoms with Crippen LogP contribution in [0, 0.1) is 3.57 Å². The van der Waals surface area contributed by atoms with Gasteiger partial charge in [0.1, 0.15) is 0 Å². The van der Waals surface area contributed by atoms with Crippen LogP contribution in [0.25, 0.3) is 0 Å². The second-order valence-electron chi connectivity index (χ2n) is 4.05.